The summed E-state index contributed by atoms with van der Waals surface area (Å²) in [6.45, 7) is 20.7. The maximum absolute atomic E-state index is 4.16. The summed E-state index contributed by atoms with van der Waals surface area (Å²) < 4.78 is 0. The van der Waals surface area contributed by atoms with Crippen molar-refractivity contribution in [2.75, 3.05) is 19.1 Å². The van der Waals surface area contributed by atoms with Crippen molar-refractivity contribution in [2.45, 2.75) is 20.8 Å². The third kappa shape index (κ3) is 8.64. The van der Waals surface area contributed by atoms with Gasteiger partial charge in [-0.05, 0) is 85.2 Å². The van der Waals surface area contributed by atoms with Crippen molar-refractivity contribution in [3.05, 3.63) is 143 Å². The van der Waals surface area contributed by atoms with E-state index in [1.165, 1.54) is 33.1 Å². The van der Waals surface area contributed by atoms with Gasteiger partial charge in [0, 0.05) is 4.91 Å². The molecule has 2 aromatic carbocycles. The number of aryl methyl sites for hydroxylation is 2. The molecule has 0 N–H and O–H groups in total. The van der Waals surface area contributed by atoms with E-state index in [1.807, 2.05) is 19.3 Å². The summed E-state index contributed by atoms with van der Waals surface area (Å²) in [5, 5.41) is 1.29. The Bertz CT molecular complexity index is 1120. The summed E-state index contributed by atoms with van der Waals surface area (Å²) in [5.41, 5.74) is 8.48. The Balaban J connectivity index is 0.000000241. The van der Waals surface area contributed by atoms with E-state index in [-0.39, 0.29) is 7.92 Å². The normalized spacial score (nSPS) is 15.9. The molecule has 0 spiro atoms. The van der Waals surface area contributed by atoms with Crippen LogP contribution >= 0.6 is 19.7 Å². The summed E-state index contributed by atoms with van der Waals surface area (Å²) >= 11 is 1.63. The Morgan fingerprint density at radius 2 is 1.56 bits per heavy atom. The highest BCUT2D eigenvalue weighted by molar-refractivity contribution is 8.02. The van der Waals surface area contributed by atoms with Gasteiger partial charge >= 0.3 is 0 Å². The Morgan fingerprint density at radius 3 is 2.12 bits per heavy atom. The molecule has 0 amide bonds. The average molecular weight is 485 g/mol. The molecule has 0 aliphatic carbocycles. The van der Waals surface area contributed by atoms with E-state index in [1.54, 1.807) is 11.8 Å². The Hall–Kier alpha value is -2.60. The predicted octanol–water partition coefficient (Wildman–Crippen LogP) is 9.96. The van der Waals surface area contributed by atoms with Crippen molar-refractivity contribution in [1.29, 1.82) is 0 Å². The SMILES string of the molecule is C=C(/C=C(\C=C/C)c1ccc(C)cc1)C(=C)SC.C=C1C=C(c2ccc(C)cc2)C=CCP1C. The minimum atomic E-state index is -0.0603. The van der Waals surface area contributed by atoms with Gasteiger partial charge in [0.25, 0.3) is 0 Å². The fraction of sp³-hybridized carbons (Fsp3) is 0.188. The first-order chi connectivity index (χ1) is 16.2. The molecule has 1 heterocycles. The summed E-state index contributed by atoms with van der Waals surface area (Å²) in [5.74, 6) is 0. The average Bonchev–Trinajstić information content (AvgIpc) is 3.00. The summed E-state index contributed by atoms with van der Waals surface area (Å²) in [6.07, 6.45) is 16.1. The monoisotopic (exact) mass is 484 g/mol. The molecule has 0 aromatic heterocycles. The Morgan fingerprint density at radius 1 is 0.971 bits per heavy atom. The Kier molecular flexibility index (Phi) is 11.3. The molecule has 2 heteroatoms. The number of rotatable bonds is 6. The number of allylic oxidation sites excluding steroid dienone is 10. The molecule has 2 aromatic rings. The third-order valence-electron chi connectivity index (χ3n) is 5.54. The first-order valence-electron chi connectivity index (χ1n) is 11.4. The van der Waals surface area contributed by atoms with Crippen molar-refractivity contribution in [3.8, 4) is 0 Å². The fourth-order valence-corrected chi connectivity index (χ4v) is 4.61. The van der Waals surface area contributed by atoms with Crippen LogP contribution in [-0.2, 0) is 0 Å². The van der Waals surface area contributed by atoms with Crippen molar-refractivity contribution in [2.24, 2.45) is 0 Å². The van der Waals surface area contributed by atoms with Crippen molar-refractivity contribution < 1.29 is 0 Å². The highest BCUT2D eigenvalue weighted by Gasteiger charge is 2.08. The molecular weight excluding hydrogens is 447 g/mol. The van der Waals surface area contributed by atoms with Crippen LogP contribution in [0.25, 0.3) is 11.1 Å². The highest BCUT2D eigenvalue weighted by Crippen LogP contribution is 2.43. The fourth-order valence-electron chi connectivity index (χ4n) is 3.27. The van der Waals surface area contributed by atoms with Gasteiger partial charge in [0.05, 0.1) is 0 Å². The maximum atomic E-state index is 4.16. The van der Waals surface area contributed by atoms with E-state index in [9.17, 15) is 0 Å². The lowest BCUT2D eigenvalue weighted by molar-refractivity contribution is 1.45. The van der Waals surface area contributed by atoms with Crippen LogP contribution in [0.5, 0.6) is 0 Å². The summed E-state index contributed by atoms with van der Waals surface area (Å²) in [7, 11) is -0.0603. The van der Waals surface area contributed by atoms with E-state index in [0.717, 1.165) is 22.2 Å². The molecule has 1 aliphatic rings. The summed E-state index contributed by atoms with van der Waals surface area (Å²) in [6, 6.07) is 17.2. The molecule has 0 saturated heterocycles. The van der Waals surface area contributed by atoms with Gasteiger partial charge in [-0.3, -0.25) is 0 Å². The molecule has 0 bridgehead atoms. The zero-order valence-electron chi connectivity index (χ0n) is 21.3. The molecule has 3 rings (SSSR count). The highest BCUT2D eigenvalue weighted by atomic mass is 32.2. The zero-order valence-corrected chi connectivity index (χ0v) is 23.0. The van der Waals surface area contributed by atoms with Crippen molar-refractivity contribution in [1.82, 2.24) is 0 Å². The van der Waals surface area contributed by atoms with E-state index in [4.69, 9.17) is 0 Å². The maximum Gasteiger partial charge on any atom is 0.00639 e. The zero-order chi connectivity index (χ0) is 25.1. The number of benzene rings is 2. The molecule has 0 radical (unpaired) electrons. The lowest BCUT2D eigenvalue weighted by Crippen LogP contribution is -1.85. The van der Waals surface area contributed by atoms with E-state index < -0.39 is 0 Å². The number of thioether (sulfide) groups is 1. The standard InChI is InChI=1S/C17H20S.C15H17P/c1-6-7-17(12-14(3)15(4)18-5)16-10-8-13(2)9-11-16;1-12-6-8-14(9-7-12)15-5-4-10-16(3)13(2)11-15/h6-12H,3-4H2,1-2,5H3;4-9,11H,2,10H2,1,3H3/b7-6-,17-12+;. The minimum Gasteiger partial charge on any atom is -0.130 e. The van der Waals surface area contributed by atoms with Crippen LogP contribution in [0.1, 0.15) is 29.2 Å². The van der Waals surface area contributed by atoms with Gasteiger partial charge in [0.2, 0.25) is 0 Å². The van der Waals surface area contributed by atoms with Crippen LogP contribution in [0, 0.1) is 13.8 Å². The van der Waals surface area contributed by atoms with Gasteiger partial charge in [-0.1, -0.05) is 112 Å². The first-order valence-corrected chi connectivity index (χ1v) is 14.6. The summed E-state index contributed by atoms with van der Waals surface area (Å²) in [4.78, 5) is 1.00. The van der Waals surface area contributed by atoms with Crippen molar-refractivity contribution in [3.63, 3.8) is 0 Å². The smallest absolute Gasteiger partial charge is 0.00639 e. The van der Waals surface area contributed by atoms with E-state index >= 15 is 0 Å². The number of hydrogen-bond donors (Lipinski definition) is 0. The number of hydrogen-bond acceptors (Lipinski definition) is 1. The molecule has 0 saturated carbocycles. The van der Waals surface area contributed by atoms with Gasteiger partial charge in [0.15, 0.2) is 0 Å². The van der Waals surface area contributed by atoms with Crippen LogP contribution in [0.4, 0.5) is 0 Å². The second kappa shape index (κ2) is 14.0. The quantitative estimate of drug-likeness (QED) is 0.290. The largest absolute Gasteiger partial charge is 0.130 e. The second-order valence-electron chi connectivity index (χ2n) is 8.36. The molecule has 34 heavy (non-hydrogen) atoms. The predicted molar refractivity (Wildman–Crippen MR) is 161 cm³/mol. The van der Waals surface area contributed by atoms with E-state index in [0.29, 0.717) is 0 Å². The van der Waals surface area contributed by atoms with Gasteiger partial charge in [-0.25, -0.2) is 0 Å². The van der Waals surface area contributed by atoms with Gasteiger partial charge in [-0.15, -0.1) is 11.8 Å². The first kappa shape index (κ1) is 27.6. The van der Waals surface area contributed by atoms with Crippen LogP contribution in [0.2, 0.25) is 0 Å². The van der Waals surface area contributed by atoms with Gasteiger partial charge in [0.1, 0.15) is 0 Å². The molecule has 1 unspecified atom stereocenters. The molecule has 0 nitrogen and oxygen atoms in total. The molecule has 1 atom stereocenters. The van der Waals surface area contributed by atoms with Gasteiger partial charge < -0.3 is 0 Å². The van der Waals surface area contributed by atoms with Crippen LogP contribution < -0.4 is 0 Å². The van der Waals surface area contributed by atoms with Crippen LogP contribution in [-0.4, -0.2) is 19.1 Å². The lowest BCUT2D eigenvalue weighted by Gasteiger charge is -2.08. The third-order valence-corrected chi connectivity index (χ3v) is 8.16. The van der Waals surface area contributed by atoms with Crippen LogP contribution in [0.3, 0.4) is 0 Å². The Labute approximate surface area is 213 Å². The molecule has 0 fully saturated rings. The second-order valence-corrected chi connectivity index (χ2v) is 11.6. The molecular formula is C32H37PS. The van der Waals surface area contributed by atoms with E-state index in [2.05, 4.69) is 119 Å². The lowest BCUT2D eigenvalue weighted by atomic mass is 10.0. The van der Waals surface area contributed by atoms with Gasteiger partial charge in [-0.2, -0.15) is 0 Å². The van der Waals surface area contributed by atoms with Crippen LogP contribution in [0.15, 0.2) is 121 Å². The molecule has 176 valence electrons. The minimum absolute atomic E-state index is 0.0603. The topological polar surface area (TPSA) is 0 Å². The molecule has 1 aliphatic heterocycles. The van der Waals surface area contributed by atoms with Crippen molar-refractivity contribution >= 4 is 30.8 Å².